The van der Waals surface area contributed by atoms with Gasteiger partial charge in [-0.3, -0.25) is 4.98 Å². The number of hydrogen-bond donors (Lipinski definition) is 1. The first-order valence-electron chi connectivity index (χ1n) is 7.52. The average molecular weight is 242 g/mol. The fraction of sp³-hybridized carbons (Fsp3) is 0.688. The summed E-state index contributed by atoms with van der Waals surface area (Å²) < 4.78 is 0. The minimum atomic E-state index is 0.929. The number of nitrogens with one attached hydrogen (secondary N) is 1. The van der Waals surface area contributed by atoms with E-state index >= 15 is 0 Å². The van der Waals surface area contributed by atoms with Gasteiger partial charge in [-0.05, 0) is 73.8 Å². The van der Waals surface area contributed by atoms with Crippen LogP contribution in [0.2, 0.25) is 0 Å². The zero-order valence-electron chi connectivity index (χ0n) is 10.9. The number of pyridine rings is 1. The average Bonchev–Trinajstić information content (AvgIpc) is 2.38. The molecule has 4 aliphatic rings. The number of nitrogens with zero attached hydrogens (tertiary/aromatic N) is 1. The number of rotatable bonds is 3. The van der Waals surface area contributed by atoms with Crippen LogP contribution in [0.25, 0.3) is 0 Å². The summed E-state index contributed by atoms with van der Waals surface area (Å²) in [6.45, 7) is 1.17. The van der Waals surface area contributed by atoms with E-state index in [0.717, 1.165) is 29.6 Å². The quantitative estimate of drug-likeness (QED) is 0.876. The maximum absolute atomic E-state index is 4.18. The second-order valence-electron chi connectivity index (χ2n) is 6.72. The van der Waals surface area contributed by atoms with E-state index in [1.54, 1.807) is 6.42 Å². The maximum Gasteiger partial charge on any atom is 0.0526 e. The Morgan fingerprint density at radius 2 is 1.78 bits per heavy atom. The highest BCUT2D eigenvalue weighted by atomic mass is 14.9. The van der Waals surface area contributed by atoms with Crippen LogP contribution in [0.15, 0.2) is 24.5 Å². The van der Waals surface area contributed by atoms with Crippen LogP contribution in [-0.2, 0) is 0 Å². The second kappa shape index (κ2) is 4.25. The molecule has 1 heterocycles. The van der Waals surface area contributed by atoms with Crippen molar-refractivity contribution in [2.24, 2.45) is 29.6 Å². The summed E-state index contributed by atoms with van der Waals surface area (Å²) in [5, 5.41) is 3.61. The Labute approximate surface area is 109 Å². The lowest BCUT2D eigenvalue weighted by molar-refractivity contribution is -0.0305. The van der Waals surface area contributed by atoms with Crippen LogP contribution in [0.1, 0.15) is 32.1 Å². The maximum atomic E-state index is 4.18. The first-order valence-corrected chi connectivity index (χ1v) is 7.52. The number of hydrogen-bond acceptors (Lipinski definition) is 2. The molecular weight excluding hydrogens is 220 g/mol. The molecule has 0 radical (unpaired) electrons. The van der Waals surface area contributed by atoms with Crippen molar-refractivity contribution in [3.63, 3.8) is 0 Å². The van der Waals surface area contributed by atoms with Crippen LogP contribution >= 0.6 is 0 Å². The smallest absolute Gasteiger partial charge is 0.0526 e. The summed E-state index contributed by atoms with van der Waals surface area (Å²) in [6, 6.07) is 4.14. The molecule has 1 aromatic heterocycles. The molecule has 4 fully saturated rings. The molecule has 2 nitrogen and oxygen atoms in total. The molecule has 0 unspecified atom stereocenters. The normalized spacial score (nSPS) is 41.0. The van der Waals surface area contributed by atoms with E-state index in [1.807, 2.05) is 18.5 Å². The lowest BCUT2D eigenvalue weighted by Gasteiger charge is -2.54. The Morgan fingerprint density at radius 1 is 1.06 bits per heavy atom. The van der Waals surface area contributed by atoms with E-state index in [9.17, 15) is 0 Å². The molecule has 0 aliphatic heterocycles. The van der Waals surface area contributed by atoms with E-state index in [-0.39, 0.29) is 0 Å². The molecule has 96 valence electrons. The summed E-state index contributed by atoms with van der Waals surface area (Å²) in [7, 11) is 0. The Hall–Kier alpha value is -1.05. The van der Waals surface area contributed by atoms with Gasteiger partial charge >= 0.3 is 0 Å². The minimum Gasteiger partial charge on any atom is -0.384 e. The predicted octanol–water partition coefficient (Wildman–Crippen LogP) is 3.57. The summed E-state index contributed by atoms with van der Waals surface area (Å²) in [5.74, 6) is 5.14. The van der Waals surface area contributed by atoms with Gasteiger partial charge in [0.1, 0.15) is 0 Å². The molecule has 1 aromatic rings. The molecule has 5 rings (SSSR count). The van der Waals surface area contributed by atoms with Crippen molar-refractivity contribution in [3.8, 4) is 0 Å². The molecule has 4 bridgehead atoms. The molecule has 0 spiro atoms. The van der Waals surface area contributed by atoms with Crippen molar-refractivity contribution in [3.05, 3.63) is 24.5 Å². The molecule has 0 aromatic carbocycles. The van der Waals surface area contributed by atoms with E-state index < -0.39 is 0 Å². The fourth-order valence-electron chi connectivity index (χ4n) is 5.07. The van der Waals surface area contributed by atoms with E-state index in [1.165, 1.54) is 37.9 Å². The standard InChI is InChI=1S/C16H22N2/c1-2-15(9-17-3-1)18-10-16-13-5-11-4-12(7-13)8-14(16)6-11/h1-3,9,11-14,16,18H,4-8,10H2. The largest absolute Gasteiger partial charge is 0.384 e. The summed E-state index contributed by atoms with van der Waals surface area (Å²) in [4.78, 5) is 4.18. The lowest BCUT2D eigenvalue weighted by atomic mass is 9.52. The lowest BCUT2D eigenvalue weighted by Crippen LogP contribution is -2.47. The van der Waals surface area contributed by atoms with Gasteiger partial charge in [-0.15, -0.1) is 0 Å². The molecule has 4 saturated carbocycles. The van der Waals surface area contributed by atoms with Crippen molar-refractivity contribution in [1.29, 1.82) is 0 Å². The van der Waals surface area contributed by atoms with Gasteiger partial charge in [0.15, 0.2) is 0 Å². The van der Waals surface area contributed by atoms with E-state index in [4.69, 9.17) is 0 Å². The van der Waals surface area contributed by atoms with Gasteiger partial charge in [0.2, 0.25) is 0 Å². The highest BCUT2D eigenvalue weighted by Gasteiger charge is 2.47. The van der Waals surface area contributed by atoms with Crippen molar-refractivity contribution in [2.45, 2.75) is 32.1 Å². The zero-order valence-corrected chi connectivity index (χ0v) is 10.9. The number of anilines is 1. The highest BCUT2D eigenvalue weighted by Crippen LogP contribution is 2.56. The van der Waals surface area contributed by atoms with Crippen molar-refractivity contribution >= 4 is 5.69 Å². The summed E-state index contributed by atoms with van der Waals surface area (Å²) in [5.41, 5.74) is 1.19. The van der Waals surface area contributed by atoms with E-state index in [0.29, 0.717) is 0 Å². The van der Waals surface area contributed by atoms with Crippen LogP contribution in [0, 0.1) is 29.6 Å². The van der Waals surface area contributed by atoms with Gasteiger partial charge in [-0.2, -0.15) is 0 Å². The summed E-state index contributed by atoms with van der Waals surface area (Å²) in [6.07, 6.45) is 11.4. The highest BCUT2D eigenvalue weighted by molar-refractivity contribution is 5.39. The summed E-state index contributed by atoms with van der Waals surface area (Å²) >= 11 is 0. The Balaban J connectivity index is 1.43. The third-order valence-corrected chi connectivity index (χ3v) is 5.63. The first-order chi connectivity index (χ1) is 8.88. The monoisotopic (exact) mass is 242 g/mol. The van der Waals surface area contributed by atoms with Crippen molar-refractivity contribution < 1.29 is 0 Å². The zero-order chi connectivity index (χ0) is 11.9. The van der Waals surface area contributed by atoms with Gasteiger partial charge in [-0.1, -0.05) is 0 Å². The van der Waals surface area contributed by atoms with Crippen LogP contribution in [-0.4, -0.2) is 11.5 Å². The van der Waals surface area contributed by atoms with Crippen molar-refractivity contribution in [1.82, 2.24) is 4.98 Å². The fourth-order valence-corrected chi connectivity index (χ4v) is 5.07. The molecule has 0 amide bonds. The van der Waals surface area contributed by atoms with Gasteiger partial charge < -0.3 is 5.32 Å². The third kappa shape index (κ3) is 1.82. The van der Waals surface area contributed by atoms with Crippen LogP contribution < -0.4 is 5.32 Å². The van der Waals surface area contributed by atoms with Gasteiger partial charge in [0.05, 0.1) is 5.69 Å². The molecule has 18 heavy (non-hydrogen) atoms. The SMILES string of the molecule is c1cncc(NCC2C3CC4CC(C3)CC2C4)c1. The molecule has 2 heteroatoms. The Morgan fingerprint density at radius 3 is 2.39 bits per heavy atom. The van der Waals surface area contributed by atoms with Crippen molar-refractivity contribution in [2.75, 3.05) is 11.9 Å². The van der Waals surface area contributed by atoms with Gasteiger partial charge in [-0.25, -0.2) is 0 Å². The second-order valence-corrected chi connectivity index (χ2v) is 6.72. The van der Waals surface area contributed by atoms with Gasteiger partial charge in [0.25, 0.3) is 0 Å². The molecule has 4 aliphatic carbocycles. The van der Waals surface area contributed by atoms with Crippen LogP contribution in [0.3, 0.4) is 0 Å². The number of aromatic nitrogens is 1. The Bertz CT molecular complexity index is 386. The Kier molecular flexibility index (Phi) is 2.56. The van der Waals surface area contributed by atoms with Gasteiger partial charge in [0, 0.05) is 18.9 Å². The van der Waals surface area contributed by atoms with E-state index in [2.05, 4.69) is 16.4 Å². The predicted molar refractivity (Wildman–Crippen MR) is 73.3 cm³/mol. The molecular formula is C16H22N2. The van der Waals surface area contributed by atoms with Crippen LogP contribution in [0.4, 0.5) is 5.69 Å². The third-order valence-electron chi connectivity index (χ3n) is 5.63. The molecule has 0 saturated heterocycles. The topological polar surface area (TPSA) is 24.9 Å². The molecule has 1 N–H and O–H groups in total. The molecule has 0 atom stereocenters. The minimum absolute atomic E-state index is 0.929. The van der Waals surface area contributed by atoms with Crippen LogP contribution in [0.5, 0.6) is 0 Å². The first kappa shape index (κ1) is 10.8.